The highest BCUT2D eigenvalue weighted by atomic mass is 32.1. The van der Waals surface area contributed by atoms with Gasteiger partial charge in [0.15, 0.2) is 6.61 Å². The SMILES string of the molecule is CC(C)NC(=O)NCc1ccc(C(=O)OCC(=O)Nc2cccc3nsnc23)cc1. The van der Waals surface area contributed by atoms with Crippen molar-refractivity contribution in [2.75, 3.05) is 11.9 Å². The summed E-state index contributed by atoms with van der Waals surface area (Å²) in [7, 11) is 0. The maximum Gasteiger partial charge on any atom is 0.338 e. The molecule has 0 atom stereocenters. The van der Waals surface area contributed by atoms with Gasteiger partial charge in [-0.1, -0.05) is 18.2 Å². The summed E-state index contributed by atoms with van der Waals surface area (Å²) >= 11 is 1.05. The van der Waals surface area contributed by atoms with E-state index in [0.717, 1.165) is 17.3 Å². The first kappa shape index (κ1) is 21.2. The maximum absolute atomic E-state index is 12.2. The zero-order chi connectivity index (χ0) is 21.5. The van der Waals surface area contributed by atoms with Gasteiger partial charge in [0.05, 0.1) is 23.0 Å². The van der Waals surface area contributed by atoms with E-state index in [9.17, 15) is 14.4 Å². The van der Waals surface area contributed by atoms with Crippen LogP contribution >= 0.6 is 11.7 Å². The molecule has 0 unspecified atom stereocenters. The highest BCUT2D eigenvalue weighted by Crippen LogP contribution is 2.21. The van der Waals surface area contributed by atoms with Crippen LogP contribution in [0.2, 0.25) is 0 Å². The Hall–Kier alpha value is -3.53. The first-order valence-corrected chi connectivity index (χ1v) is 9.97. The van der Waals surface area contributed by atoms with Crippen LogP contribution in [0.15, 0.2) is 42.5 Å². The zero-order valence-corrected chi connectivity index (χ0v) is 17.3. The third-order valence-electron chi connectivity index (χ3n) is 3.96. The lowest BCUT2D eigenvalue weighted by Crippen LogP contribution is -2.39. The second-order valence-electron chi connectivity index (χ2n) is 6.74. The van der Waals surface area contributed by atoms with Crippen molar-refractivity contribution >= 4 is 46.4 Å². The fraction of sp³-hybridized carbons (Fsp3) is 0.250. The number of urea groups is 1. The molecule has 2 aromatic carbocycles. The normalized spacial score (nSPS) is 10.6. The van der Waals surface area contributed by atoms with Crippen LogP contribution < -0.4 is 16.0 Å². The Kier molecular flexibility index (Phi) is 6.91. The Bertz CT molecular complexity index is 1050. The number of aromatic nitrogens is 2. The van der Waals surface area contributed by atoms with Gasteiger partial charge in [-0.25, -0.2) is 9.59 Å². The van der Waals surface area contributed by atoms with E-state index in [2.05, 4.69) is 24.7 Å². The molecule has 0 aliphatic rings. The molecule has 3 amide bonds. The minimum absolute atomic E-state index is 0.0467. The molecule has 3 rings (SSSR count). The zero-order valence-electron chi connectivity index (χ0n) is 16.5. The van der Waals surface area contributed by atoms with Crippen molar-refractivity contribution in [3.05, 3.63) is 53.6 Å². The largest absolute Gasteiger partial charge is 0.452 e. The summed E-state index contributed by atoms with van der Waals surface area (Å²) in [6.07, 6.45) is 0. The molecule has 0 radical (unpaired) electrons. The number of carbonyl (C=O) groups excluding carboxylic acids is 3. The van der Waals surface area contributed by atoms with Crippen LogP contribution in [0.4, 0.5) is 10.5 Å². The Morgan fingerprint density at radius 1 is 1.07 bits per heavy atom. The molecule has 0 saturated carbocycles. The lowest BCUT2D eigenvalue weighted by Gasteiger charge is -2.10. The molecule has 3 aromatic rings. The Morgan fingerprint density at radius 2 is 1.83 bits per heavy atom. The number of nitrogens with one attached hydrogen (secondary N) is 3. The van der Waals surface area contributed by atoms with Crippen molar-refractivity contribution in [2.45, 2.75) is 26.4 Å². The van der Waals surface area contributed by atoms with Gasteiger partial charge < -0.3 is 20.7 Å². The highest BCUT2D eigenvalue weighted by molar-refractivity contribution is 7.00. The molecule has 156 valence electrons. The number of hydrogen-bond acceptors (Lipinski definition) is 7. The van der Waals surface area contributed by atoms with Crippen molar-refractivity contribution in [3.8, 4) is 0 Å². The summed E-state index contributed by atoms with van der Waals surface area (Å²) < 4.78 is 13.3. The number of rotatable bonds is 7. The number of anilines is 1. The summed E-state index contributed by atoms with van der Waals surface area (Å²) in [5.41, 5.74) is 2.93. The minimum atomic E-state index is -0.615. The summed E-state index contributed by atoms with van der Waals surface area (Å²) in [5, 5.41) is 8.12. The van der Waals surface area contributed by atoms with Gasteiger partial charge >= 0.3 is 12.0 Å². The van der Waals surface area contributed by atoms with Gasteiger partial charge in [0.1, 0.15) is 11.0 Å². The van der Waals surface area contributed by atoms with Gasteiger partial charge in [-0.2, -0.15) is 8.75 Å². The van der Waals surface area contributed by atoms with Gasteiger partial charge in [-0.15, -0.1) is 0 Å². The maximum atomic E-state index is 12.2. The molecule has 10 heteroatoms. The second-order valence-corrected chi connectivity index (χ2v) is 7.27. The van der Waals surface area contributed by atoms with Gasteiger partial charge in [0.25, 0.3) is 5.91 Å². The molecule has 0 spiro atoms. The Morgan fingerprint density at radius 3 is 2.57 bits per heavy atom. The van der Waals surface area contributed by atoms with Gasteiger partial charge in [0, 0.05) is 12.6 Å². The van der Waals surface area contributed by atoms with Crippen LogP contribution in [0.25, 0.3) is 11.0 Å². The van der Waals surface area contributed by atoms with Crippen LogP contribution in [0, 0.1) is 0 Å². The molecule has 9 nitrogen and oxygen atoms in total. The first-order valence-electron chi connectivity index (χ1n) is 9.24. The van der Waals surface area contributed by atoms with E-state index in [1.54, 1.807) is 42.5 Å². The summed E-state index contributed by atoms with van der Waals surface area (Å²) in [6, 6.07) is 11.6. The minimum Gasteiger partial charge on any atom is -0.452 e. The number of nitrogens with zero attached hydrogens (tertiary/aromatic N) is 2. The molecule has 0 saturated heterocycles. The molecular weight excluding hydrogens is 406 g/mol. The van der Waals surface area contributed by atoms with Crippen molar-refractivity contribution in [1.82, 2.24) is 19.4 Å². The standard InChI is InChI=1S/C20H21N5O4S/c1-12(2)22-20(28)21-10-13-6-8-14(9-7-13)19(27)29-11-17(26)23-15-4-3-5-16-18(15)25-30-24-16/h3-9,12H,10-11H2,1-2H3,(H,23,26)(H2,21,22,28). The summed E-state index contributed by atoms with van der Waals surface area (Å²) in [5.74, 6) is -1.09. The quantitative estimate of drug-likeness (QED) is 0.498. The van der Waals surface area contributed by atoms with Crippen LogP contribution in [0.5, 0.6) is 0 Å². The molecule has 3 N–H and O–H groups in total. The number of hydrogen-bond donors (Lipinski definition) is 3. The number of esters is 1. The average molecular weight is 427 g/mol. The Balaban J connectivity index is 1.48. The molecule has 0 fully saturated rings. The van der Waals surface area contributed by atoms with E-state index in [4.69, 9.17) is 4.74 Å². The lowest BCUT2D eigenvalue weighted by atomic mass is 10.1. The van der Waals surface area contributed by atoms with E-state index in [0.29, 0.717) is 28.8 Å². The van der Waals surface area contributed by atoms with E-state index in [1.165, 1.54) is 0 Å². The Labute approximate surface area is 177 Å². The van der Waals surface area contributed by atoms with Crippen LogP contribution in [0.1, 0.15) is 29.8 Å². The van der Waals surface area contributed by atoms with Crippen molar-refractivity contribution in [1.29, 1.82) is 0 Å². The van der Waals surface area contributed by atoms with Crippen molar-refractivity contribution in [2.24, 2.45) is 0 Å². The number of amides is 3. The highest BCUT2D eigenvalue weighted by Gasteiger charge is 2.13. The molecule has 0 bridgehead atoms. The smallest absolute Gasteiger partial charge is 0.338 e. The van der Waals surface area contributed by atoms with Gasteiger partial charge in [-0.3, -0.25) is 4.79 Å². The molecule has 0 aliphatic heterocycles. The predicted octanol–water partition coefficient (Wildman–Crippen LogP) is 2.69. The summed E-state index contributed by atoms with van der Waals surface area (Å²) in [4.78, 5) is 35.9. The average Bonchev–Trinajstić information content (AvgIpc) is 3.20. The van der Waals surface area contributed by atoms with E-state index in [-0.39, 0.29) is 12.1 Å². The predicted molar refractivity (Wildman–Crippen MR) is 113 cm³/mol. The molecule has 1 heterocycles. The number of fused-ring (bicyclic) bond motifs is 1. The van der Waals surface area contributed by atoms with E-state index in [1.807, 2.05) is 13.8 Å². The third-order valence-corrected chi connectivity index (χ3v) is 4.50. The lowest BCUT2D eigenvalue weighted by molar-refractivity contribution is -0.119. The summed E-state index contributed by atoms with van der Waals surface area (Å²) in [6.45, 7) is 3.65. The fourth-order valence-corrected chi connectivity index (χ4v) is 3.11. The molecule has 0 aliphatic carbocycles. The fourth-order valence-electron chi connectivity index (χ4n) is 2.56. The van der Waals surface area contributed by atoms with E-state index >= 15 is 0 Å². The third kappa shape index (κ3) is 5.74. The van der Waals surface area contributed by atoms with Crippen LogP contribution in [-0.2, 0) is 16.1 Å². The van der Waals surface area contributed by atoms with Crippen LogP contribution in [-0.4, -0.2) is 39.3 Å². The topological polar surface area (TPSA) is 122 Å². The second kappa shape index (κ2) is 9.79. The van der Waals surface area contributed by atoms with Gasteiger partial charge in [0.2, 0.25) is 0 Å². The number of benzene rings is 2. The molecule has 30 heavy (non-hydrogen) atoms. The van der Waals surface area contributed by atoms with E-state index < -0.39 is 18.5 Å². The monoisotopic (exact) mass is 427 g/mol. The molecular formula is C20H21N5O4S. The van der Waals surface area contributed by atoms with Crippen molar-refractivity contribution < 1.29 is 19.1 Å². The molecule has 1 aromatic heterocycles. The first-order chi connectivity index (χ1) is 14.4. The van der Waals surface area contributed by atoms with Crippen LogP contribution in [0.3, 0.4) is 0 Å². The number of carbonyl (C=O) groups is 3. The van der Waals surface area contributed by atoms with Gasteiger partial charge in [-0.05, 0) is 43.7 Å². The number of ether oxygens (including phenoxy) is 1. The van der Waals surface area contributed by atoms with Crippen molar-refractivity contribution in [3.63, 3.8) is 0 Å².